The molecule has 4 heterocycles. The van der Waals surface area contributed by atoms with Crippen LogP contribution in [0.15, 0.2) is 30.6 Å². The van der Waals surface area contributed by atoms with E-state index in [4.69, 9.17) is 20.6 Å². The molecule has 4 aromatic heterocycles. The van der Waals surface area contributed by atoms with Crippen molar-refractivity contribution in [2.75, 3.05) is 20.8 Å². The third-order valence-corrected chi connectivity index (χ3v) is 6.07. The van der Waals surface area contributed by atoms with Crippen molar-refractivity contribution in [1.29, 1.82) is 0 Å². The van der Waals surface area contributed by atoms with E-state index in [-0.39, 0.29) is 0 Å². The minimum absolute atomic E-state index is 0.428. The SMILES string of the molecule is CNC1CC(N)(c2ncc3c(-c4ccc5nc(C)n(CCOC)c5n4)ccn3n2)C1. The summed E-state index contributed by atoms with van der Waals surface area (Å²) in [4.78, 5) is 14.1. The molecule has 3 N–H and O–H groups in total. The summed E-state index contributed by atoms with van der Waals surface area (Å²) >= 11 is 0. The maximum absolute atomic E-state index is 6.51. The molecule has 1 aliphatic rings. The van der Waals surface area contributed by atoms with Gasteiger partial charge >= 0.3 is 0 Å². The van der Waals surface area contributed by atoms with Crippen molar-refractivity contribution < 1.29 is 4.74 Å². The van der Waals surface area contributed by atoms with Gasteiger partial charge in [-0.1, -0.05) is 0 Å². The monoisotopic (exact) mass is 406 g/mol. The maximum atomic E-state index is 6.51. The van der Waals surface area contributed by atoms with Gasteiger partial charge in [-0.05, 0) is 45.0 Å². The molecular formula is C21H26N8O. The highest BCUT2D eigenvalue weighted by Gasteiger charge is 2.44. The van der Waals surface area contributed by atoms with Crippen LogP contribution in [0.1, 0.15) is 24.5 Å². The number of pyridine rings is 1. The van der Waals surface area contributed by atoms with E-state index in [2.05, 4.69) is 19.9 Å². The van der Waals surface area contributed by atoms with Gasteiger partial charge in [-0.25, -0.2) is 19.5 Å². The first-order chi connectivity index (χ1) is 14.5. The fraction of sp³-hybridized carbons (Fsp3) is 0.429. The second-order valence-electron chi connectivity index (χ2n) is 8.03. The Labute approximate surface area is 174 Å². The van der Waals surface area contributed by atoms with E-state index in [1.165, 1.54) is 0 Å². The van der Waals surface area contributed by atoms with Crippen molar-refractivity contribution in [3.8, 4) is 11.3 Å². The lowest BCUT2D eigenvalue weighted by atomic mass is 9.73. The summed E-state index contributed by atoms with van der Waals surface area (Å²) in [5.74, 6) is 1.61. The molecule has 5 rings (SSSR count). The number of rotatable bonds is 6. The van der Waals surface area contributed by atoms with Gasteiger partial charge in [-0.3, -0.25) is 0 Å². The second-order valence-corrected chi connectivity index (χ2v) is 8.03. The first-order valence-electron chi connectivity index (χ1n) is 10.2. The normalized spacial score (nSPS) is 21.4. The molecule has 1 fully saturated rings. The van der Waals surface area contributed by atoms with Crippen LogP contribution in [0.25, 0.3) is 27.9 Å². The molecule has 4 aromatic rings. The molecule has 30 heavy (non-hydrogen) atoms. The summed E-state index contributed by atoms with van der Waals surface area (Å²) in [6, 6.07) is 6.45. The number of fused-ring (bicyclic) bond motifs is 2. The Hall–Kier alpha value is -2.88. The third-order valence-electron chi connectivity index (χ3n) is 6.07. The van der Waals surface area contributed by atoms with Gasteiger partial charge in [0.15, 0.2) is 11.5 Å². The van der Waals surface area contributed by atoms with Gasteiger partial charge < -0.3 is 20.4 Å². The Morgan fingerprint density at radius 1 is 1.27 bits per heavy atom. The van der Waals surface area contributed by atoms with E-state index in [9.17, 15) is 0 Å². The molecule has 1 aliphatic carbocycles. The van der Waals surface area contributed by atoms with Crippen LogP contribution in [0.2, 0.25) is 0 Å². The van der Waals surface area contributed by atoms with Gasteiger partial charge in [0.05, 0.1) is 29.6 Å². The van der Waals surface area contributed by atoms with Crippen LogP contribution < -0.4 is 11.1 Å². The van der Waals surface area contributed by atoms with Crippen molar-refractivity contribution in [2.24, 2.45) is 5.73 Å². The molecule has 0 radical (unpaired) electrons. The third kappa shape index (κ3) is 2.97. The average Bonchev–Trinajstić information content (AvgIpc) is 3.29. The number of methoxy groups -OCH3 is 1. The van der Waals surface area contributed by atoms with Crippen LogP contribution in [-0.2, 0) is 16.8 Å². The Kier molecular flexibility index (Phi) is 4.53. The van der Waals surface area contributed by atoms with Crippen molar-refractivity contribution in [1.82, 2.24) is 34.4 Å². The Bertz CT molecular complexity index is 1220. The number of aromatic nitrogens is 6. The Balaban J connectivity index is 1.52. The topological polar surface area (TPSA) is 108 Å². The summed E-state index contributed by atoms with van der Waals surface area (Å²) in [6.45, 7) is 3.31. The zero-order valence-electron chi connectivity index (χ0n) is 17.5. The minimum atomic E-state index is -0.463. The van der Waals surface area contributed by atoms with Crippen LogP contribution in [0.4, 0.5) is 0 Å². The van der Waals surface area contributed by atoms with Crippen molar-refractivity contribution in [2.45, 2.75) is 37.9 Å². The summed E-state index contributed by atoms with van der Waals surface area (Å²) in [5, 5.41) is 7.96. The Morgan fingerprint density at radius 3 is 2.87 bits per heavy atom. The van der Waals surface area contributed by atoms with Crippen LogP contribution >= 0.6 is 0 Å². The standard InChI is InChI=1S/C21H26N8O/c1-13-25-17-5-4-16(26-19(17)28(13)8-9-30-3)15-6-7-29-18(15)12-24-20(27-29)21(22)10-14(11-21)23-2/h4-7,12,14,23H,8-11,22H2,1-3H3. The van der Waals surface area contributed by atoms with Gasteiger partial charge in [-0.2, -0.15) is 5.10 Å². The summed E-state index contributed by atoms with van der Waals surface area (Å²) in [5.41, 5.74) is 10.5. The molecule has 9 nitrogen and oxygen atoms in total. The zero-order valence-corrected chi connectivity index (χ0v) is 17.5. The van der Waals surface area contributed by atoms with Crippen molar-refractivity contribution in [3.63, 3.8) is 0 Å². The molecule has 9 heteroatoms. The van der Waals surface area contributed by atoms with E-state index in [1.807, 2.05) is 49.1 Å². The predicted molar refractivity (Wildman–Crippen MR) is 114 cm³/mol. The summed E-state index contributed by atoms with van der Waals surface area (Å²) in [7, 11) is 3.65. The zero-order chi connectivity index (χ0) is 20.9. The first-order valence-corrected chi connectivity index (χ1v) is 10.2. The molecule has 0 bridgehead atoms. The van der Waals surface area contributed by atoms with Gasteiger partial charge in [0.2, 0.25) is 0 Å². The van der Waals surface area contributed by atoms with E-state index in [0.29, 0.717) is 25.0 Å². The van der Waals surface area contributed by atoms with Crippen LogP contribution in [-0.4, -0.2) is 55.9 Å². The van der Waals surface area contributed by atoms with E-state index >= 15 is 0 Å². The van der Waals surface area contributed by atoms with E-state index < -0.39 is 5.54 Å². The highest BCUT2D eigenvalue weighted by atomic mass is 16.5. The minimum Gasteiger partial charge on any atom is -0.383 e. The molecule has 0 amide bonds. The molecule has 0 atom stereocenters. The fourth-order valence-corrected chi connectivity index (χ4v) is 4.27. The van der Waals surface area contributed by atoms with E-state index in [0.717, 1.165) is 46.6 Å². The Morgan fingerprint density at radius 2 is 2.10 bits per heavy atom. The van der Waals surface area contributed by atoms with Crippen molar-refractivity contribution >= 4 is 16.7 Å². The number of imidazole rings is 1. The fourth-order valence-electron chi connectivity index (χ4n) is 4.27. The molecule has 0 aromatic carbocycles. The number of nitrogens with one attached hydrogen (secondary N) is 1. The molecule has 156 valence electrons. The maximum Gasteiger partial charge on any atom is 0.169 e. The molecular weight excluding hydrogens is 380 g/mol. The average molecular weight is 406 g/mol. The summed E-state index contributed by atoms with van der Waals surface area (Å²) < 4.78 is 9.17. The smallest absolute Gasteiger partial charge is 0.169 e. The lowest BCUT2D eigenvalue weighted by molar-refractivity contribution is 0.172. The van der Waals surface area contributed by atoms with Crippen LogP contribution in [0, 0.1) is 6.92 Å². The highest BCUT2D eigenvalue weighted by molar-refractivity contribution is 5.82. The molecule has 0 aliphatic heterocycles. The van der Waals surface area contributed by atoms with Gasteiger partial charge in [0.25, 0.3) is 0 Å². The molecule has 0 unspecified atom stereocenters. The number of ether oxygens (including phenoxy) is 1. The number of hydrogen-bond donors (Lipinski definition) is 2. The second kappa shape index (κ2) is 7.12. The lowest BCUT2D eigenvalue weighted by Crippen LogP contribution is -2.57. The number of hydrogen-bond acceptors (Lipinski definition) is 7. The quantitative estimate of drug-likeness (QED) is 0.501. The molecule has 0 saturated heterocycles. The van der Waals surface area contributed by atoms with Crippen LogP contribution in [0.3, 0.4) is 0 Å². The van der Waals surface area contributed by atoms with E-state index in [1.54, 1.807) is 7.11 Å². The van der Waals surface area contributed by atoms with Crippen LogP contribution in [0.5, 0.6) is 0 Å². The molecule has 1 saturated carbocycles. The number of nitrogens with zero attached hydrogens (tertiary/aromatic N) is 6. The van der Waals surface area contributed by atoms with Gasteiger partial charge in [-0.15, -0.1) is 0 Å². The lowest BCUT2D eigenvalue weighted by Gasteiger charge is -2.43. The van der Waals surface area contributed by atoms with Gasteiger partial charge in [0, 0.05) is 31.5 Å². The summed E-state index contributed by atoms with van der Waals surface area (Å²) in [6.07, 6.45) is 5.46. The first kappa shape index (κ1) is 19.1. The highest BCUT2D eigenvalue weighted by Crippen LogP contribution is 2.37. The predicted octanol–water partition coefficient (Wildman–Crippen LogP) is 1.63. The van der Waals surface area contributed by atoms with Crippen molar-refractivity contribution in [3.05, 3.63) is 42.2 Å². The number of nitrogens with two attached hydrogens (primary N) is 1. The largest absolute Gasteiger partial charge is 0.383 e. The van der Waals surface area contributed by atoms with Gasteiger partial charge in [0.1, 0.15) is 11.3 Å². The molecule has 0 spiro atoms. The number of aryl methyl sites for hydroxylation is 1.